The van der Waals surface area contributed by atoms with Gasteiger partial charge in [-0.1, -0.05) is 19.8 Å². The molecule has 0 amide bonds. The van der Waals surface area contributed by atoms with Gasteiger partial charge in [0, 0.05) is 24.1 Å². The summed E-state index contributed by atoms with van der Waals surface area (Å²) < 4.78 is 0. The van der Waals surface area contributed by atoms with Gasteiger partial charge in [0.15, 0.2) is 0 Å². The van der Waals surface area contributed by atoms with Crippen molar-refractivity contribution in [3.63, 3.8) is 0 Å². The maximum absolute atomic E-state index is 4.35. The van der Waals surface area contributed by atoms with Gasteiger partial charge in [-0.15, -0.1) is 0 Å². The lowest BCUT2D eigenvalue weighted by Crippen LogP contribution is -2.26. The lowest BCUT2D eigenvalue weighted by molar-refractivity contribution is 0.358. The van der Waals surface area contributed by atoms with Crippen molar-refractivity contribution in [2.24, 2.45) is 5.92 Å². The van der Waals surface area contributed by atoms with Crippen LogP contribution in [0.25, 0.3) is 11.0 Å². The molecule has 0 radical (unpaired) electrons. The first-order chi connectivity index (χ1) is 8.81. The van der Waals surface area contributed by atoms with Crippen LogP contribution in [0, 0.1) is 5.92 Å². The van der Waals surface area contributed by atoms with E-state index in [0.717, 1.165) is 17.0 Å². The number of aromatic nitrogens is 2. The van der Waals surface area contributed by atoms with Gasteiger partial charge in [-0.25, -0.2) is 0 Å². The molecule has 1 aromatic heterocycles. The topological polar surface area (TPSA) is 37.8 Å². The number of hydrogen-bond acceptors (Lipinski definition) is 3. The zero-order valence-electron chi connectivity index (χ0n) is 10.8. The minimum atomic E-state index is 0.614. The maximum atomic E-state index is 4.35. The van der Waals surface area contributed by atoms with Gasteiger partial charge in [0.1, 0.15) is 0 Å². The summed E-state index contributed by atoms with van der Waals surface area (Å²) in [6, 6.07) is 6.86. The average molecular weight is 241 g/mol. The summed E-state index contributed by atoms with van der Waals surface area (Å²) in [5, 5.41) is 3.64. The molecule has 0 bridgehead atoms. The molecule has 2 unspecified atom stereocenters. The Labute approximate surface area is 108 Å². The van der Waals surface area contributed by atoms with Crippen molar-refractivity contribution in [1.82, 2.24) is 9.97 Å². The van der Waals surface area contributed by atoms with E-state index in [0.29, 0.717) is 6.04 Å². The molecule has 0 aliphatic heterocycles. The number of rotatable bonds is 2. The molecule has 1 aliphatic rings. The standard InChI is InChI=1S/C15H19N3/c1-11-3-2-4-12(9-11)18-13-5-6-14-15(10-13)17-8-7-16-14/h5-8,10-12,18H,2-4,9H2,1H3. The molecule has 1 N–H and O–H groups in total. The summed E-state index contributed by atoms with van der Waals surface area (Å²) in [7, 11) is 0. The lowest BCUT2D eigenvalue weighted by atomic mass is 9.87. The third-order valence-corrected chi connectivity index (χ3v) is 3.78. The number of fused-ring (bicyclic) bond motifs is 1. The normalized spacial score (nSPS) is 24.1. The Morgan fingerprint density at radius 1 is 1.11 bits per heavy atom. The van der Waals surface area contributed by atoms with Crippen LogP contribution in [0.2, 0.25) is 0 Å². The highest BCUT2D eigenvalue weighted by molar-refractivity contribution is 5.78. The van der Waals surface area contributed by atoms with Gasteiger partial charge in [0.2, 0.25) is 0 Å². The molecule has 1 saturated carbocycles. The summed E-state index contributed by atoms with van der Waals surface area (Å²) in [6.07, 6.45) is 8.75. The van der Waals surface area contributed by atoms with Gasteiger partial charge in [0.05, 0.1) is 11.0 Å². The molecule has 0 saturated heterocycles. The van der Waals surface area contributed by atoms with Crippen molar-refractivity contribution in [3.05, 3.63) is 30.6 Å². The zero-order valence-corrected chi connectivity index (χ0v) is 10.8. The first-order valence-corrected chi connectivity index (χ1v) is 6.78. The lowest BCUT2D eigenvalue weighted by Gasteiger charge is -2.28. The SMILES string of the molecule is CC1CCCC(Nc2ccc3nccnc3c2)C1. The number of hydrogen-bond donors (Lipinski definition) is 1. The summed E-state index contributed by atoms with van der Waals surface area (Å²) >= 11 is 0. The second-order valence-electron chi connectivity index (χ2n) is 5.37. The second-order valence-corrected chi connectivity index (χ2v) is 5.37. The predicted octanol–water partition coefficient (Wildman–Crippen LogP) is 3.62. The van der Waals surface area contributed by atoms with Crippen LogP contribution in [0.4, 0.5) is 5.69 Å². The highest BCUT2D eigenvalue weighted by Gasteiger charge is 2.18. The Morgan fingerprint density at radius 3 is 2.78 bits per heavy atom. The molecule has 94 valence electrons. The fourth-order valence-corrected chi connectivity index (χ4v) is 2.85. The number of anilines is 1. The van der Waals surface area contributed by atoms with E-state index in [1.165, 1.54) is 31.4 Å². The summed E-state index contributed by atoms with van der Waals surface area (Å²) in [5.74, 6) is 0.844. The monoisotopic (exact) mass is 241 g/mol. The molecule has 1 aromatic carbocycles. The molecule has 18 heavy (non-hydrogen) atoms. The smallest absolute Gasteiger partial charge is 0.0907 e. The first kappa shape index (κ1) is 11.5. The average Bonchev–Trinajstić information content (AvgIpc) is 2.39. The van der Waals surface area contributed by atoms with Gasteiger partial charge in [-0.3, -0.25) is 9.97 Å². The molecule has 3 heteroatoms. The van der Waals surface area contributed by atoms with Crippen LogP contribution in [0.5, 0.6) is 0 Å². The Balaban J connectivity index is 1.78. The molecular weight excluding hydrogens is 222 g/mol. The zero-order chi connectivity index (χ0) is 12.4. The van der Waals surface area contributed by atoms with Crippen LogP contribution >= 0.6 is 0 Å². The van der Waals surface area contributed by atoms with E-state index in [1.54, 1.807) is 12.4 Å². The van der Waals surface area contributed by atoms with Crippen LogP contribution in [0.15, 0.2) is 30.6 Å². The maximum Gasteiger partial charge on any atom is 0.0907 e. The fraction of sp³-hybridized carbons (Fsp3) is 0.467. The van der Waals surface area contributed by atoms with Gasteiger partial charge < -0.3 is 5.32 Å². The summed E-state index contributed by atoms with van der Waals surface area (Å²) in [5.41, 5.74) is 3.09. The Kier molecular flexibility index (Phi) is 3.13. The van der Waals surface area contributed by atoms with E-state index in [9.17, 15) is 0 Å². The van der Waals surface area contributed by atoms with Gasteiger partial charge in [-0.2, -0.15) is 0 Å². The van der Waals surface area contributed by atoms with Crippen LogP contribution in [0.3, 0.4) is 0 Å². The minimum Gasteiger partial charge on any atom is -0.382 e. The largest absolute Gasteiger partial charge is 0.382 e. The van der Waals surface area contributed by atoms with Crippen LogP contribution in [-0.2, 0) is 0 Å². The molecule has 1 fully saturated rings. The predicted molar refractivity (Wildman–Crippen MR) is 74.6 cm³/mol. The first-order valence-electron chi connectivity index (χ1n) is 6.78. The van der Waals surface area contributed by atoms with E-state index in [1.807, 2.05) is 6.07 Å². The minimum absolute atomic E-state index is 0.614. The van der Waals surface area contributed by atoms with Crippen molar-refractivity contribution >= 4 is 16.7 Å². The number of nitrogens with one attached hydrogen (secondary N) is 1. The molecule has 0 spiro atoms. The van der Waals surface area contributed by atoms with Crippen molar-refractivity contribution in [2.45, 2.75) is 38.6 Å². The molecule has 2 atom stereocenters. The van der Waals surface area contributed by atoms with E-state index >= 15 is 0 Å². The van der Waals surface area contributed by atoms with E-state index in [2.05, 4.69) is 34.3 Å². The summed E-state index contributed by atoms with van der Waals surface area (Å²) in [4.78, 5) is 8.64. The number of nitrogens with zero attached hydrogens (tertiary/aromatic N) is 2. The molecule has 1 heterocycles. The van der Waals surface area contributed by atoms with Gasteiger partial charge >= 0.3 is 0 Å². The summed E-state index contributed by atoms with van der Waals surface area (Å²) in [6.45, 7) is 2.35. The molecule has 3 nitrogen and oxygen atoms in total. The van der Waals surface area contributed by atoms with Crippen LogP contribution < -0.4 is 5.32 Å². The van der Waals surface area contributed by atoms with Crippen molar-refractivity contribution in [1.29, 1.82) is 0 Å². The van der Waals surface area contributed by atoms with Crippen LogP contribution in [-0.4, -0.2) is 16.0 Å². The van der Waals surface area contributed by atoms with E-state index < -0.39 is 0 Å². The third kappa shape index (κ3) is 2.45. The van der Waals surface area contributed by atoms with Gasteiger partial charge in [-0.05, 0) is 37.0 Å². The number of benzene rings is 1. The molecule has 2 aromatic rings. The van der Waals surface area contributed by atoms with Crippen molar-refractivity contribution in [2.75, 3.05) is 5.32 Å². The highest BCUT2D eigenvalue weighted by atomic mass is 14.9. The molecule has 3 rings (SSSR count). The van der Waals surface area contributed by atoms with Crippen molar-refractivity contribution < 1.29 is 0 Å². The second kappa shape index (κ2) is 4.92. The van der Waals surface area contributed by atoms with Gasteiger partial charge in [0.25, 0.3) is 0 Å². The molecular formula is C15H19N3. The Bertz CT molecular complexity index is 538. The highest BCUT2D eigenvalue weighted by Crippen LogP contribution is 2.26. The van der Waals surface area contributed by atoms with Crippen molar-refractivity contribution in [3.8, 4) is 0 Å². The molecule has 1 aliphatic carbocycles. The quantitative estimate of drug-likeness (QED) is 0.872. The van der Waals surface area contributed by atoms with E-state index in [4.69, 9.17) is 0 Å². The Hall–Kier alpha value is -1.64. The fourth-order valence-electron chi connectivity index (χ4n) is 2.85. The van der Waals surface area contributed by atoms with E-state index in [-0.39, 0.29) is 0 Å². The Morgan fingerprint density at radius 2 is 1.94 bits per heavy atom. The van der Waals surface area contributed by atoms with Crippen LogP contribution in [0.1, 0.15) is 32.6 Å². The third-order valence-electron chi connectivity index (χ3n) is 3.78.